The monoisotopic (exact) mass is 265 g/mol. The average Bonchev–Trinajstić information content (AvgIpc) is 2.41. The number of ether oxygens (including phenoxy) is 2. The minimum Gasteiger partial charge on any atom is -0.493 e. The minimum absolute atomic E-state index is 0.199. The largest absolute Gasteiger partial charge is 0.493 e. The molecule has 1 aromatic rings. The summed E-state index contributed by atoms with van der Waals surface area (Å²) >= 11 is 0. The van der Waals surface area contributed by atoms with Gasteiger partial charge in [0.15, 0.2) is 11.5 Å². The summed E-state index contributed by atoms with van der Waals surface area (Å²) in [6.07, 6.45) is 0.742. The summed E-state index contributed by atoms with van der Waals surface area (Å²) in [5, 5.41) is 12.0. The highest BCUT2D eigenvalue weighted by Crippen LogP contribution is 2.31. The second kappa shape index (κ2) is 8.56. The lowest BCUT2D eigenvalue weighted by molar-refractivity contribution is 0.285. The molecule has 0 aliphatic carbocycles. The van der Waals surface area contributed by atoms with Crippen LogP contribution in [0.2, 0.25) is 0 Å². The first-order chi connectivity index (χ1) is 9.19. The Morgan fingerprint density at radius 1 is 1.42 bits per heavy atom. The normalized spacial score (nSPS) is 10.3. The predicted octanol–water partition coefficient (Wildman–Crippen LogP) is 2.12. The van der Waals surface area contributed by atoms with Gasteiger partial charge in [-0.25, -0.2) is 0 Å². The number of benzene rings is 1. The summed E-state index contributed by atoms with van der Waals surface area (Å²) in [6, 6.07) is 5.82. The number of methoxy groups -OCH3 is 1. The van der Waals surface area contributed by atoms with E-state index < -0.39 is 0 Å². The Morgan fingerprint density at radius 3 is 2.84 bits per heavy atom. The third kappa shape index (κ3) is 5.32. The smallest absolute Gasteiger partial charge is 0.166 e. The topological polar surface area (TPSA) is 50.7 Å². The SMILES string of the molecule is C=C(C)COc1c(CNCCCO)cccc1OC. The van der Waals surface area contributed by atoms with Crippen LogP contribution in [0.25, 0.3) is 0 Å². The molecule has 0 saturated heterocycles. The Bertz CT molecular complexity index is 404. The maximum atomic E-state index is 8.75. The number of hydrogen-bond acceptors (Lipinski definition) is 4. The van der Waals surface area contributed by atoms with Crippen LogP contribution in [0.1, 0.15) is 18.9 Å². The minimum atomic E-state index is 0.199. The zero-order chi connectivity index (χ0) is 14.1. The van der Waals surface area contributed by atoms with Gasteiger partial charge >= 0.3 is 0 Å². The Hall–Kier alpha value is -1.52. The molecule has 0 aliphatic heterocycles. The molecule has 106 valence electrons. The average molecular weight is 265 g/mol. The molecule has 0 heterocycles. The Kier molecular flexibility index (Phi) is 7.00. The van der Waals surface area contributed by atoms with E-state index in [-0.39, 0.29) is 6.61 Å². The zero-order valence-electron chi connectivity index (χ0n) is 11.7. The van der Waals surface area contributed by atoms with Gasteiger partial charge in [0, 0.05) is 18.7 Å². The Morgan fingerprint density at radius 2 is 2.21 bits per heavy atom. The van der Waals surface area contributed by atoms with E-state index in [4.69, 9.17) is 14.6 Å². The molecule has 4 nitrogen and oxygen atoms in total. The van der Waals surface area contributed by atoms with Crippen molar-refractivity contribution in [2.24, 2.45) is 0 Å². The summed E-state index contributed by atoms with van der Waals surface area (Å²) in [6.45, 7) is 7.89. The zero-order valence-corrected chi connectivity index (χ0v) is 11.7. The van der Waals surface area contributed by atoms with E-state index in [9.17, 15) is 0 Å². The summed E-state index contributed by atoms with van der Waals surface area (Å²) in [7, 11) is 1.63. The van der Waals surface area contributed by atoms with E-state index in [1.54, 1.807) is 7.11 Å². The second-order valence-corrected chi connectivity index (χ2v) is 4.45. The van der Waals surface area contributed by atoms with Crippen LogP contribution in [-0.2, 0) is 6.54 Å². The number of hydrogen-bond donors (Lipinski definition) is 2. The fourth-order valence-corrected chi connectivity index (χ4v) is 1.65. The van der Waals surface area contributed by atoms with Gasteiger partial charge in [-0.1, -0.05) is 18.7 Å². The highest BCUT2D eigenvalue weighted by molar-refractivity contribution is 5.46. The molecule has 0 atom stereocenters. The van der Waals surface area contributed by atoms with Gasteiger partial charge in [-0.2, -0.15) is 0 Å². The number of para-hydroxylation sites is 1. The molecule has 19 heavy (non-hydrogen) atoms. The van der Waals surface area contributed by atoms with E-state index >= 15 is 0 Å². The van der Waals surface area contributed by atoms with Gasteiger partial charge in [-0.3, -0.25) is 0 Å². The second-order valence-electron chi connectivity index (χ2n) is 4.45. The molecule has 0 aliphatic rings. The van der Waals surface area contributed by atoms with Crippen molar-refractivity contribution in [1.29, 1.82) is 0 Å². The van der Waals surface area contributed by atoms with E-state index in [0.717, 1.165) is 35.6 Å². The number of aliphatic hydroxyl groups is 1. The summed E-state index contributed by atoms with van der Waals surface area (Å²) in [5.74, 6) is 1.48. The third-order valence-corrected chi connectivity index (χ3v) is 2.57. The van der Waals surface area contributed by atoms with Crippen LogP contribution >= 0.6 is 0 Å². The summed E-state index contributed by atoms with van der Waals surface area (Å²) in [5.41, 5.74) is 2.00. The van der Waals surface area contributed by atoms with Gasteiger partial charge in [-0.05, 0) is 31.5 Å². The molecule has 0 saturated carbocycles. The van der Waals surface area contributed by atoms with Crippen LogP contribution in [0, 0.1) is 0 Å². The Balaban J connectivity index is 2.73. The molecule has 0 aromatic heterocycles. The molecule has 4 heteroatoms. The van der Waals surface area contributed by atoms with Crippen LogP contribution < -0.4 is 14.8 Å². The van der Waals surface area contributed by atoms with E-state index in [0.29, 0.717) is 13.2 Å². The highest BCUT2D eigenvalue weighted by Gasteiger charge is 2.10. The molecule has 0 bridgehead atoms. The van der Waals surface area contributed by atoms with Crippen molar-refractivity contribution in [1.82, 2.24) is 5.32 Å². The van der Waals surface area contributed by atoms with Gasteiger partial charge in [0.05, 0.1) is 7.11 Å². The molecule has 0 spiro atoms. The molecular formula is C15H23NO3. The molecule has 0 amide bonds. The van der Waals surface area contributed by atoms with Crippen LogP contribution in [0.5, 0.6) is 11.5 Å². The van der Waals surface area contributed by atoms with Crippen LogP contribution in [0.4, 0.5) is 0 Å². The van der Waals surface area contributed by atoms with Crippen molar-refractivity contribution >= 4 is 0 Å². The van der Waals surface area contributed by atoms with Gasteiger partial charge in [0.25, 0.3) is 0 Å². The Labute approximate surface area is 115 Å². The maximum absolute atomic E-state index is 8.75. The van der Waals surface area contributed by atoms with Crippen LogP contribution in [-0.4, -0.2) is 32.0 Å². The molecule has 0 radical (unpaired) electrons. The van der Waals surface area contributed by atoms with E-state index in [2.05, 4.69) is 11.9 Å². The first-order valence-corrected chi connectivity index (χ1v) is 6.43. The quantitative estimate of drug-likeness (QED) is 0.530. The predicted molar refractivity (Wildman–Crippen MR) is 76.7 cm³/mol. The van der Waals surface area contributed by atoms with Gasteiger partial charge in [-0.15, -0.1) is 0 Å². The summed E-state index contributed by atoms with van der Waals surface area (Å²) < 4.78 is 11.1. The third-order valence-electron chi connectivity index (χ3n) is 2.57. The van der Waals surface area contributed by atoms with Crippen molar-refractivity contribution < 1.29 is 14.6 Å². The molecule has 1 rings (SSSR count). The van der Waals surface area contributed by atoms with Crippen molar-refractivity contribution in [3.8, 4) is 11.5 Å². The van der Waals surface area contributed by atoms with Crippen LogP contribution in [0.3, 0.4) is 0 Å². The van der Waals surface area contributed by atoms with Crippen molar-refractivity contribution in [2.45, 2.75) is 19.9 Å². The number of rotatable bonds is 9. The molecule has 0 unspecified atom stereocenters. The molecule has 2 N–H and O–H groups in total. The summed E-state index contributed by atoms with van der Waals surface area (Å²) in [4.78, 5) is 0. The number of aliphatic hydroxyl groups excluding tert-OH is 1. The van der Waals surface area contributed by atoms with Crippen LogP contribution in [0.15, 0.2) is 30.4 Å². The standard InChI is InChI=1S/C15H23NO3/c1-12(2)11-19-15-13(10-16-8-5-9-17)6-4-7-14(15)18-3/h4,6-7,16-17H,1,5,8-11H2,2-3H3. The van der Waals surface area contributed by atoms with Gasteiger partial charge < -0.3 is 19.9 Å². The molecule has 1 aromatic carbocycles. The first-order valence-electron chi connectivity index (χ1n) is 6.43. The fraction of sp³-hybridized carbons (Fsp3) is 0.467. The van der Waals surface area contributed by atoms with Gasteiger partial charge in [0.1, 0.15) is 6.61 Å². The lowest BCUT2D eigenvalue weighted by atomic mass is 10.1. The maximum Gasteiger partial charge on any atom is 0.166 e. The fourth-order valence-electron chi connectivity index (χ4n) is 1.65. The lowest BCUT2D eigenvalue weighted by Gasteiger charge is -2.15. The lowest BCUT2D eigenvalue weighted by Crippen LogP contribution is -2.16. The highest BCUT2D eigenvalue weighted by atomic mass is 16.5. The van der Waals surface area contributed by atoms with Gasteiger partial charge in [0.2, 0.25) is 0 Å². The van der Waals surface area contributed by atoms with Crippen molar-refractivity contribution in [2.75, 3.05) is 26.9 Å². The van der Waals surface area contributed by atoms with E-state index in [1.807, 2.05) is 25.1 Å². The van der Waals surface area contributed by atoms with Crippen molar-refractivity contribution in [3.63, 3.8) is 0 Å². The molecule has 0 fully saturated rings. The molecular weight excluding hydrogens is 242 g/mol. The van der Waals surface area contributed by atoms with Crippen molar-refractivity contribution in [3.05, 3.63) is 35.9 Å². The van der Waals surface area contributed by atoms with E-state index in [1.165, 1.54) is 0 Å². The first kappa shape index (κ1) is 15.5. The number of nitrogens with one attached hydrogen (secondary N) is 1.